The minimum Gasteiger partial charge on any atom is -0.457 e. The molecule has 154 valence electrons. The number of nitrogens with one attached hydrogen (secondary N) is 2. The van der Waals surface area contributed by atoms with Gasteiger partial charge < -0.3 is 15.4 Å². The average molecular weight is 418 g/mol. The Morgan fingerprint density at radius 1 is 0.867 bits per heavy atom. The highest BCUT2D eigenvalue weighted by molar-refractivity contribution is 5.99. The molecule has 0 saturated carbocycles. The number of hydrogen-bond acceptors (Lipinski definition) is 3. The molecule has 0 fully saturated rings. The maximum absolute atomic E-state index is 13.7. The fourth-order valence-corrected chi connectivity index (χ4v) is 2.44. The fourth-order valence-electron chi connectivity index (χ4n) is 2.44. The number of urea groups is 1. The van der Waals surface area contributed by atoms with Crippen molar-refractivity contribution < 1.29 is 31.9 Å². The summed E-state index contributed by atoms with van der Waals surface area (Å²) in [5, 5.41) is 4.44. The number of carbonyl (C=O) groups excluding carboxylic acids is 2. The lowest BCUT2D eigenvalue weighted by Crippen LogP contribution is -2.20. The van der Waals surface area contributed by atoms with Gasteiger partial charge >= 0.3 is 12.2 Å². The highest BCUT2D eigenvalue weighted by Gasteiger charge is 2.31. The molecule has 2 amide bonds. The van der Waals surface area contributed by atoms with E-state index in [0.29, 0.717) is 47.2 Å². The summed E-state index contributed by atoms with van der Waals surface area (Å²) in [5.74, 6) is -0.0506. The van der Waals surface area contributed by atoms with Crippen molar-refractivity contribution in [3.63, 3.8) is 0 Å². The van der Waals surface area contributed by atoms with Crippen molar-refractivity contribution in [2.24, 2.45) is 0 Å². The summed E-state index contributed by atoms with van der Waals surface area (Å²) >= 11 is 0. The predicted octanol–water partition coefficient (Wildman–Crippen LogP) is 6.09. The molecule has 0 heterocycles. The van der Waals surface area contributed by atoms with Gasteiger partial charge in [0.1, 0.15) is 23.6 Å². The highest BCUT2D eigenvalue weighted by atomic mass is 19.4. The second kappa shape index (κ2) is 8.64. The lowest BCUT2D eigenvalue weighted by molar-refractivity contribution is -0.137. The van der Waals surface area contributed by atoms with Crippen molar-refractivity contribution in [3.8, 4) is 11.5 Å². The molecule has 0 saturated heterocycles. The molecular formula is C21H14F4N2O3. The van der Waals surface area contributed by atoms with Crippen LogP contribution in [0.1, 0.15) is 15.9 Å². The molecule has 0 radical (unpaired) electrons. The Labute approximate surface area is 168 Å². The maximum atomic E-state index is 13.7. The molecule has 3 aromatic rings. The molecule has 3 aromatic carbocycles. The number of ether oxygens (including phenoxy) is 1. The third-order valence-electron chi connectivity index (χ3n) is 3.91. The second-order valence-corrected chi connectivity index (χ2v) is 6.08. The van der Waals surface area contributed by atoms with Gasteiger partial charge in [-0.2, -0.15) is 13.2 Å². The number of amides is 2. The summed E-state index contributed by atoms with van der Waals surface area (Å²) in [6, 6.07) is 13.3. The Morgan fingerprint density at radius 3 is 2.03 bits per heavy atom. The van der Waals surface area contributed by atoms with Gasteiger partial charge in [0.25, 0.3) is 0 Å². The standard InChI is InChI=1S/C21H14F4N2O3/c22-18-10-3-14(21(23,24)25)11-19(18)27-20(29)26-15-4-8-17(9-5-15)30-16-6-1-13(12-28)2-7-16/h1-12H,(H2,26,27,29). The van der Waals surface area contributed by atoms with E-state index < -0.39 is 29.3 Å². The Bertz CT molecular complexity index is 1050. The van der Waals surface area contributed by atoms with Crippen LogP contribution in [0, 0.1) is 5.82 Å². The van der Waals surface area contributed by atoms with E-state index in [1.54, 1.807) is 36.4 Å². The molecule has 0 aliphatic carbocycles. The van der Waals surface area contributed by atoms with Crippen LogP contribution in [-0.2, 0) is 6.18 Å². The topological polar surface area (TPSA) is 67.4 Å². The van der Waals surface area contributed by atoms with E-state index in [9.17, 15) is 27.2 Å². The van der Waals surface area contributed by atoms with E-state index >= 15 is 0 Å². The monoisotopic (exact) mass is 418 g/mol. The van der Waals surface area contributed by atoms with Crippen LogP contribution in [-0.4, -0.2) is 12.3 Å². The Hall–Kier alpha value is -3.88. The predicted molar refractivity (Wildman–Crippen MR) is 102 cm³/mol. The van der Waals surface area contributed by atoms with Gasteiger partial charge in [0, 0.05) is 11.3 Å². The van der Waals surface area contributed by atoms with Crippen molar-refractivity contribution in [1.82, 2.24) is 0 Å². The Kier molecular flexibility index (Phi) is 6.01. The molecule has 0 aliphatic heterocycles. The summed E-state index contributed by atoms with van der Waals surface area (Å²) in [4.78, 5) is 22.6. The van der Waals surface area contributed by atoms with Gasteiger partial charge in [-0.25, -0.2) is 9.18 Å². The van der Waals surface area contributed by atoms with E-state index in [0.717, 1.165) is 0 Å². The van der Waals surface area contributed by atoms with Crippen molar-refractivity contribution in [2.75, 3.05) is 10.6 Å². The third kappa shape index (κ3) is 5.34. The summed E-state index contributed by atoms with van der Waals surface area (Å²) in [6.45, 7) is 0. The van der Waals surface area contributed by atoms with Gasteiger partial charge in [0.05, 0.1) is 11.3 Å². The number of aldehydes is 1. The zero-order valence-electron chi connectivity index (χ0n) is 15.2. The number of hydrogen-bond donors (Lipinski definition) is 2. The smallest absolute Gasteiger partial charge is 0.416 e. The van der Waals surface area contributed by atoms with Crippen LogP contribution >= 0.6 is 0 Å². The molecule has 9 heteroatoms. The zero-order chi connectivity index (χ0) is 21.7. The van der Waals surface area contributed by atoms with Crippen LogP contribution in [0.2, 0.25) is 0 Å². The van der Waals surface area contributed by atoms with Crippen molar-refractivity contribution in [3.05, 3.63) is 83.7 Å². The van der Waals surface area contributed by atoms with E-state index in [-0.39, 0.29) is 0 Å². The van der Waals surface area contributed by atoms with Crippen LogP contribution < -0.4 is 15.4 Å². The summed E-state index contributed by atoms with van der Waals surface area (Å²) in [5.41, 5.74) is -0.864. The molecule has 3 rings (SSSR count). The molecule has 0 spiro atoms. The normalized spacial score (nSPS) is 10.9. The van der Waals surface area contributed by atoms with Gasteiger partial charge in [-0.05, 0) is 66.7 Å². The highest BCUT2D eigenvalue weighted by Crippen LogP contribution is 2.32. The third-order valence-corrected chi connectivity index (χ3v) is 3.91. The lowest BCUT2D eigenvalue weighted by atomic mass is 10.2. The average Bonchev–Trinajstić information content (AvgIpc) is 2.71. The van der Waals surface area contributed by atoms with Crippen LogP contribution in [0.5, 0.6) is 11.5 Å². The largest absolute Gasteiger partial charge is 0.457 e. The van der Waals surface area contributed by atoms with E-state index in [4.69, 9.17) is 4.74 Å². The molecule has 0 bridgehead atoms. The van der Waals surface area contributed by atoms with Gasteiger partial charge in [0.15, 0.2) is 0 Å². The van der Waals surface area contributed by atoms with Crippen LogP contribution in [0.4, 0.5) is 33.7 Å². The first-order valence-corrected chi connectivity index (χ1v) is 8.52. The van der Waals surface area contributed by atoms with Gasteiger partial charge in [-0.15, -0.1) is 0 Å². The Morgan fingerprint density at radius 2 is 1.47 bits per heavy atom. The van der Waals surface area contributed by atoms with Crippen LogP contribution in [0.25, 0.3) is 0 Å². The molecule has 0 unspecified atom stereocenters. The molecule has 0 atom stereocenters. The number of anilines is 2. The minimum absolute atomic E-state index is 0.309. The quantitative estimate of drug-likeness (QED) is 0.389. The van der Waals surface area contributed by atoms with Gasteiger partial charge in [0.2, 0.25) is 0 Å². The minimum atomic E-state index is -4.66. The van der Waals surface area contributed by atoms with E-state index in [1.807, 2.05) is 0 Å². The van der Waals surface area contributed by atoms with Crippen molar-refractivity contribution in [1.29, 1.82) is 0 Å². The number of benzene rings is 3. The molecular weight excluding hydrogens is 404 g/mol. The molecule has 2 N–H and O–H groups in total. The summed E-state index contributed by atoms with van der Waals surface area (Å²) < 4.78 is 57.5. The van der Waals surface area contributed by atoms with Crippen molar-refractivity contribution >= 4 is 23.7 Å². The Balaban J connectivity index is 1.62. The van der Waals surface area contributed by atoms with E-state index in [1.165, 1.54) is 12.1 Å². The van der Waals surface area contributed by atoms with E-state index in [2.05, 4.69) is 10.6 Å². The van der Waals surface area contributed by atoms with Crippen LogP contribution in [0.15, 0.2) is 66.7 Å². The molecule has 0 aliphatic rings. The molecule has 5 nitrogen and oxygen atoms in total. The molecule has 0 aromatic heterocycles. The number of carbonyl (C=O) groups is 2. The fraction of sp³-hybridized carbons (Fsp3) is 0.0476. The lowest BCUT2D eigenvalue weighted by Gasteiger charge is -2.12. The van der Waals surface area contributed by atoms with Gasteiger partial charge in [-0.1, -0.05) is 0 Å². The molecule has 30 heavy (non-hydrogen) atoms. The number of alkyl halides is 3. The van der Waals surface area contributed by atoms with Gasteiger partial charge in [-0.3, -0.25) is 4.79 Å². The second-order valence-electron chi connectivity index (χ2n) is 6.08. The van der Waals surface area contributed by atoms with Crippen molar-refractivity contribution in [2.45, 2.75) is 6.18 Å². The first-order valence-electron chi connectivity index (χ1n) is 8.52. The SMILES string of the molecule is O=Cc1ccc(Oc2ccc(NC(=O)Nc3cc(C(F)(F)F)ccc3F)cc2)cc1. The van der Waals surface area contributed by atoms with Crippen LogP contribution in [0.3, 0.4) is 0 Å². The number of rotatable bonds is 5. The zero-order valence-corrected chi connectivity index (χ0v) is 15.2. The first-order chi connectivity index (χ1) is 14.2. The summed E-state index contributed by atoms with van der Waals surface area (Å²) in [6.07, 6.45) is -3.95. The maximum Gasteiger partial charge on any atom is 0.416 e. The number of halogens is 4. The summed E-state index contributed by atoms with van der Waals surface area (Å²) in [7, 11) is 0. The first kappa shape index (κ1) is 20.8.